The van der Waals surface area contributed by atoms with Crippen molar-refractivity contribution < 1.29 is 41.8 Å². The molecule has 1 aromatic heterocycles. The number of aldehydes is 1. The third-order valence-corrected chi connectivity index (χ3v) is 13.7. The van der Waals surface area contributed by atoms with Crippen LogP contribution in [0.3, 0.4) is 0 Å². The molecule has 456 valence electrons. The average molecular weight is 1150 g/mol. The lowest BCUT2D eigenvalue weighted by Crippen LogP contribution is -2.50. The lowest BCUT2D eigenvalue weighted by atomic mass is 9.73. The average Bonchev–Trinajstić information content (AvgIpc) is 4.03. The van der Waals surface area contributed by atoms with Gasteiger partial charge in [-0.3, -0.25) is 19.2 Å². The second-order valence-corrected chi connectivity index (χ2v) is 20.5. The van der Waals surface area contributed by atoms with Crippen molar-refractivity contribution in [1.82, 2.24) is 15.6 Å². The van der Waals surface area contributed by atoms with Crippen LogP contribution in [0.2, 0.25) is 0 Å². The van der Waals surface area contributed by atoms with Crippen LogP contribution in [-0.4, -0.2) is 67.3 Å². The van der Waals surface area contributed by atoms with Gasteiger partial charge in [-0.1, -0.05) is 153 Å². The summed E-state index contributed by atoms with van der Waals surface area (Å²) in [7, 11) is 0. The maximum Gasteiger partial charge on any atom is 0.416 e. The molecule has 3 aromatic carbocycles. The lowest BCUT2D eigenvalue weighted by molar-refractivity contribution is -0.137. The highest BCUT2D eigenvalue weighted by atomic mass is 32.1. The number of Topliss-reactive ketones (excluding diaryl/α,β-unsaturated/α-hetero) is 2. The van der Waals surface area contributed by atoms with E-state index in [-0.39, 0.29) is 42.5 Å². The number of allylic oxidation sites excluding steroid dienone is 2. The molecule has 1 aliphatic heterocycles. The van der Waals surface area contributed by atoms with Crippen molar-refractivity contribution in [3.8, 4) is 10.4 Å². The first-order chi connectivity index (χ1) is 38.6. The largest absolute Gasteiger partial charge is 0.416 e. The number of alkyl halides is 3. The molecular formula is C67H105F3N4O6S. The highest BCUT2D eigenvalue weighted by molar-refractivity contribution is 7.13. The van der Waals surface area contributed by atoms with Gasteiger partial charge in [-0.05, 0) is 131 Å². The number of carbonyl (C=O) groups is 4. The number of aryl methyl sites for hydroxylation is 1. The molecule has 10 nitrogen and oxygen atoms in total. The van der Waals surface area contributed by atoms with Gasteiger partial charge in [0.25, 0.3) is 0 Å². The van der Waals surface area contributed by atoms with E-state index >= 15 is 0 Å². The standard InChI is InChI=1S/C32H47N3O4S.C19H16F3NO.C6H14O.C4H10.3C2H6/c1-8-9-10-28(23(3)33-20-26-11-13-27(14-12-26)30-24(4)34-21-40-30)19-32(6,7)31(25(5)37)35-29(38)16-18-39-17-15-22(2)36;1-3-16-12(2)23(18-9-4-13(11-24)10-17(16)18)15-7-5-14(6-8-15)19(20,21)22;1-3-5-7-6-4-2;1-3-4-2;3*1-2/h11-14,21,28,31,33H,3,8-10,15-20H2,1-2,4-7H3,(H,35,38);3-12H,1-2H3;3-6H2,1-2H3;3-4H2,1-2H3;3*1-2H3/b;16-3+;;;;;. The van der Waals surface area contributed by atoms with E-state index in [0.717, 1.165) is 92.0 Å². The third-order valence-electron chi connectivity index (χ3n) is 12.8. The SMILES string of the molecule is C/C=C1/c2cc(C=O)ccc2N(c2ccc(C(F)(F)F)cc2)C1C.C=C(NCc1ccc(-c2scnc2C)cc1)C(CCCC)CC(C)(C)C(NC(=O)CCOCCC(C)=O)C(C)=O.CC.CC.CC.CCCC.CCCOCCC. The highest BCUT2D eigenvalue weighted by Crippen LogP contribution is 2.45. The molecule has 3 unspecified atom stereocenters. The van der Waals surface area contributed by atoms with Gasteiger partial charge in [0.2, 0.25) is 5.91 Å². The van der Waals surface area contributed by atoms with Gasteiger partial charge >= 0.3 is 6.18 Å². The minimum absolute atomic E-state index is 0.0244. The molecule has 2 N–H and O–H groups in total. The summed E-state index contributed by atoms with van der Waals surface area (Å²) < 4.78 is 48.8. The van der Waals surface area contributed by atoms with Gasteiger partial charge in [0.15, 0.2) is 5.78 Å². The van der Waals surface area contributed by atoms with Crippen molar-refractivity contribution in [3.05, 3.63) is 119 Å². The van der Waals surface area contributed by atoms with Gasteiger partial charge in [-0.15, -0.1) is 11.3 Å². The van der Waals surface area contributed by atoms with Gasteiger partial charge in [-0.25, -0.2) is 4.98 Å². The number of ether oxygens (including phenoxy) is 2. The molecule has 0 aliphatic carbocycles. The lowest BCUT2D eigenvalue weighted by Gasteiger charge is -2.37. The Morgan fingerprint density at radius 2 is 1.37 bits per heavy atom. The van der Waals surface area contributed by atoms with Gasteiger partial charge < -0.3 is 25.0 Å². The first-order valence-corrected chi connectivity index (χ1v) is 30.6. The van der Waals surface area contributed by atoms with E-state index < -0.39 is 23.2 Å². The van der Waals surface area contributed by atoms with Crippen LogP contribution in [-0.2, 0) is 36.6 Å². The Morgan fingerprint density at radius 3 is 1.84 bits per heavy atom. The first-order valence-electron chi connectivity index (χ1n) is 29.7. The number of halogens is 3. The summed E-state index contributed by atoms with van der Waals surface area (Å²) in [4.78, 5) is 54.9. The highest BCUT2D eigenvalue weighted by Gasteiger charge is 2.37. The number of carbonyl (C=O) groups excluding carboxylic acids is 4. The van der Waals surface area contributed by atoms with E-state index in [4.69, 9.17) is 9.47 Å². The molecule has 2 heterocycles. The summed E-state index contributed by atoms with van der Waals surface area (Å²) in [6.07, 6.45) is 7.60. The van der Waals surface area contributed by atoms with Gasteiger partial charge in [0.05, 0.1) is 46.9 Å². The summed E-state index contributed by atoms with van der Waals surface area (Å²) in [5, 5.41) is 6.48. The molecule has 81 heavy (non-hydrogen) atoms. The number of thiazole rings is 1. The number of nitrogens with one attached hydrogen (secondary N) is 2. The number of aromatic nitrogens is 1. The number of anilines is 2. The second kappa shape index (κ2) is 44.2. The molecule has 14 heteroatoms. The summed E-state index contributed by atoms with van der Waals surface area (Å²) in [6.45, 7) is 43.2. The number of amides is 1. The number of unbranched alkanes of at least 4 members (excludes halogenated alkanes) is 2. The summed E-state index contributed by atoms with van der Waals surface area (Å²) >= 11 is 1.65. The van der Waals surface area contributed by atoms with Crippen molar-refractivity contribution in [2.24, 2.45) is 11.3 Å². The van der Waals surface area contributed by atoms with Crippen molar-refractivity contribution in [3.63, 3.8) is 0 Å². The Bertz CT molecular complexity index is 2370. The Balaban J connectivity index is 0. The molecular weight excluding hydrogens is 1050 g/mol. The first kappa shape index (κ1) is 77.6. The minimum Gasteiger partial charge on any atom is -0.385 e. The zero-order valence-corrected chi connectivity index (χ0v) is 53.8. The Morgan fingerprint density at radius 1 is 0.802 bits per heavy atom. The number of hydrogen-bond acceptors (Lipinski definition) is 10. The number of ketones is 2. The summed E-state index contributed by atoms with van der Waals surface area (Å²) in [6, 6.07) is 18.4. The fourth-order valence-corrected chi connectivity index (χ4v) is 9.29. The molecule has 0 spiro atoms. The van der Waals surface area contributed by atoms with Gasteiger partial charge in [-0.2, -0.15) is 13.2 Å². The molecule has 3 atom stereocenters. The van der Waals surface area contributed by atoms with Crippen LogP contribution >= 0.6 is 11.3 Å². The summed E-state index contributed by atoms with van der Waals surface area (Å²) in [5.41, 5.74) is 9.21. The predicted molar refractivity (Wildman–Crippen MR) is 338 cm³/mol. The predicted octanol–water partition coefficient (Wildman–Crippen LogP) is 18.6. The van der Waals surface area contributed by atoms with Crippen LogP contribution < -0.4 is 15.5 Å². The zero-order valence-electron chi connectivity index (χ0n) is 53.0. The Labute approximate surface area is 492 Å². The van der Waals surface area contributed by atoms with Crippen LogP contribution in [0, 0.1) is 18.3 Å². The second-order valence-electron chi connectivity index (χ2n) is 19.6. The Kier molecular flexibility index (Phi) is 42.3. The minimum atomic E-state index is -4.35. The summed E-state index contributed by atoms with van der Waals surface area (Å²) in [5.74, 6) is -0.0887. The normalized spacial score (nSPS) is 13.4. The quantitative estimate of drug-likeness (QED) is 0.0467. The van der Waals surface area contributed by atoms with Crippen LogP contribution in [0.1, 0.15) is 215 Å². The zero-order chi connectivity index (χ0) is 62.1. The number of fused-ring (bicyclic) bond motifs is 1. The molecule has 5 rings (SSSR count). The van der Waals surface area contributed by atoms with Crippen molar-refractivity contribution in [1.29, 1.82) is 0 Å². The van der Waals surface area contributed by atoms with E-state index in [1.54, 1.807) is 17.4 Å². The van der Waals surface area contributed by atoms with Crippen LogP contribution in [0.4, 0.5) is 24.5 Å². The van der Waals surface area contributed by atoms with E-state index in [0.29, 0.717) is 37.2 Å². The van der Waals surface area contributed by atoms with Crippen molar-refractivity contribution in [2.75, 3.05) is 31.3 Å². The van der Waals surface area contributed by atoms with E-state index in [1.165, 1.54) is 54.8 Å². The monoisotopic (exact) mass is 1150 g/mol. The maximum atomic E-state index is 12.8. The molecule has 0 fully saturated rings. The molecule has 0 radical (unpaired) electrons. The van der Waals surface area contributed by atoms with Crippen molar-refractivity contribution in [2.45, 2.75) is 214 Å². The van der Waals surface area contributed by atoms with Crippen LogP contribution in [0.25, 0.3) is 16.0 Å². The molecule has 4 aromatic rings. The van der Waals surface area contributed by atoms with E-state index in [9.17, 15) is 32.3 Å². The van der Waals surface area contributed by atoms with Crippen LogP contribution in [0.5, 0.6) is 0 Å². The molecule has 0 bridgehead atoms. The smallest absolute Gasteiger partial charge is 0.385 e. The van der Waals surface area contributed by atoms with Crippen LogP contribution in [0.15, 0.2) is 90.6 Å². The Hall–Kier alpha value is -5.44. The maximum absolute atomic E-state index is 12.8. The number of benzene rings is 3. The fraction of sp³-hybridized carbons (Fsp3) is 0.567. The molecule has 1 aliphatic rings. The molecule has 1 amide bonds. The fourth-order valence-electron chi connectivity index (χ4n) is 8.48. The molecule has 0 saturated carbocycles. The number of hydrogen-bond donors (Lipinski definition) is 2. The third kappa shape index (κ3) is 28.9. The van der Waals surface area contributed by atoms with E-state index in [1.807, 2.05) is 105 Å². The van der Waals surface area contributed by atoms with Gasteiger partial charge in [0, 0.05) is 60.8 Å². The topological polar surface area (TPSA) is 127 Å². The molecule has 0 saturated heterocycles. The van der Waals surface area contributed by atoms with E-state index in [2.05, 4.69) is 81.1 Å². The number of nitrogens with zero attached hydrogens (tertiary/aromatic N) is 2. The van der Waals surface area contributed by atoms with Gasteiger partial charge in [0.1, 0.15) is 12.1 Å². The van der Waals surface area contributed by atoms with Crippen molar-refractivity contribution >= 4 is 52.0 Å². The number of rotatable bonds is 26.